The predicted molar refractivity (Wildman–Crippen MR) is 104 cm³/mol. The molecule has 1 saturated heterocycles. The fraction of sp³-hybridized carbons (Fsp3) is 0.619. The predicted octanol–water partition coefficient (Wildman–Crippen LogP) is 3.87. The summed E-state index contributed by atoms with van der Waals surface area (Å²) in [5, 5.41) is 9.31. The van der Waals surface area contributed by atoms with Gasteiger partial charge in [0.1, 0.15) is 5.82 Å². The van der Waals surface area contributed by atoms with E-state index in [0.29, 0.717) is 5.92 Å². The average Bonchev–Trinajstić information content (AvgIpc) is 2.89. The Morgan fingerprint density at radius 1 is 1.35 bits per heavy atom. The first kappa shape index (κ1) is 18.9. The van der Waals surface area contributed by atoms with Gasteiger partial charge in [0, 0.05) is 25.9 Å². The van der Waals surface area contributed by atoms with Gasteiger partial charge in [-0.3, -0.25) is 4.79 Å². The Hall–Kier alpha value is -1.88. The highest BCUT2D eigenvalue weighted by molar-refractivity contribution is 5.75. The Labute approximate surface area is 155 Å². The Bertz CT molecular complexity index is 775. The van der Waals surface area contributed by atoms with Gasteiger partial charge in [-0.05, 0) is 54.8 Å². The standard InChI is InChI=1S/C21H31N3O2/c1-14-5-6-17-18(9-14)23-19(22-17)10-16-12-24(13-21(2,3)4)8-7-15(16)11-20(25)26/h5-6,9,15-16H,7-8,10-13H2,1-4H3,(H,22,23)(H,25,26)/t15-,16-/m0/s1. The van der Waals surface area contributed by atoms with Crippen LogP contribution >= 0.6 is 0 Å². The second kappa shape index (κ2) is 7.39. The molecule has 2 heterocycles. The van der Waals surface area contributed by atoms with Crippen LogP contribution in [0.4, 0.5) is 0 Å². The van der Waals surface area contributed by atoms with Crippen LogP contribution in [-0.2, 0) is 11.2 Å². The first-order valence-corrected chi connectivity index (χ1v) is 9.59. The van der Waals surface area contributed by atoms with Crippen molar-refractivity contribution in [3.63, 3.8) is 0 Å². The highest BCUT2D eigenvalue weighted by atomic mass is 16.4. The summed E-state index contributed by atoms with van der Waals surface area (Å²) in [6, 6.07) is 6.24. The maximum absolute atomic E-state index is 11.3. The Morgan fingerprint density at radius 2 is 2.12 bits per heavy atom. The number of H-pyrrole nitrogens is 1. The van der Waals surface area contributed by atoms with E-state index in [9.17, 15) is 9.90 Å². The second-order valence-electron chi connectivity index (χ2n) is 9.11. The molecule has 1 aromatic carbocycles. The molecule has 3 rings (SSSR count). The van der Waals surface area contributed by atoms with Crippen LogP contribution in [0.2, 0.25) is 0 Å². The fourth-order valence-corrected chi connectivity index (χ4v) is 4.22. The maximum atomic E-state index is 11.3. The minimum absolute atomic E-state index is 0.221. The van der Waals surface area contributed by atoms with Gasteiger partial charge in [-0.15, -0.1) is 0 Å². The number of carbonyl (C=O) groups is 1. The number of carboxylic acids is 1. The summed E-state index contributed by atoms with van der Waals surface area (Å²) >= 11 is 0. The number of rotatable bonds is 5. The molecule has 0 saturated carbocycles. The van der Waals surface area contributed by atoms with Gasteiger partial charge in [-0.1, -0.05) is 26.8 Å². The Balaban J connectivity index is 1.77. The van der Waals surface area contributed by atoms with E-state index in [1.807, 2.05) is 6.07 Å². The van der Waals surface area contributed by atoms with Crippen LogP contribution < -0.4 is 0 Å². The van der Waals surface area contributed by atoms with Crippen LogP contribution in [0, 0.1) is 24.2 Å². The number of aliphatic carboxylic acids is 1. The molecule has 26 heavy (non-hydrogen) atoms. The molecule has 0 spiro atoms. The number of piperidine rings is 1. The van der Waals surface area contributed by atoms with Gasteiger partial charge in [0.25, 0.3) is 0 Å². The fourth-order valence-electron chi connectivity index (χ4n) is 4.22. The van der Waals surface area contributed by atoms with E-state index >= 15 is 0 Å². The summed E-state index contributed by atoms with van der Waals surface area (Å²) in [4.78, 5) is 22.0. The molecule has 0 aliphatic carbocycles. The number of hydrogen-bond acceptors (Lipinski definition) is 3. The lowest BCUT2D eigenvalue weighted by Crippen LogP contribution is -2.45. The van der Waals surface area contributed by atoms with Gasteiger partial charge in [-0.25, -0.2) is 4.98 Å². The lowest BCUT2D eigenvalue weighted by atomic mass is 9.80. The molecule has 0 bridgehead atoms. The molecular weight excluding hydrogens is 326 g/mol. The van der Waals surface area contributed by atoms with Crippen LogP contribution in [0.15, 0.2) is 18.2 Å². The van der Waals surface area contributed by atoms with Crippen molar-refractivity contribution < 1.29 is 9.90 Å². The monoisotopic (exact) mass is 357 g/mol. The number of likely N-dealkylation sites (tertiary alicyclic amines) is 1. The van der Waals surface area contributed by atoms with Crippen LogP contribution in [0.25, 0.3) is 11.0 Å². The number of fused-ring (bicyclic) bond motifs is 1. The quantitative estimate of drug-likeness (QED) is 0.852. The first-order valence-electron chi connectivity index (χ1n) is 9.59. The third kappa shape index (κ3) is 4.85. The molecule has 5 nitrogen and oxygen atoms in total. The third-order valence-electron chi connectivity index (χ3n) is 5.25. The molecule has 2 aromatic rings. The van der Waals surface area contributed by atoms with Crippen LogP contribution in [0.1, 0.15) is 45.0 Å². The molecule has 2 N–H and O–H groups in total. The minimum Gasteiger partial charge on any atom is -0.481 e. The zero-order valence-electron chi connectivity index (χ0n) is 16.4. The Morgan fingerprint density at radius 3 is 2.81 bits per heavy atom. The number of aryl methyl sites for hydroxylation is 1. The molecule has 5 heteroatoms. The highest BCUT2D eigenvalue weighted by Crippen LogP contribution is 2.31. The van der Waals surface area contributed by atoms with Gasteiger partial charge < -0.3 is 15.0 Å². The van der Waals surface area contributed by atoms with E-state index in [-0.39, 0.29) is 17.8 Å². The Kier molecular flexibility index (Phi) is 5.37. The number of hydrogen-bond donors (Lipinski definition) is 2. The van der Waals surface area contributed by atoms with Crippen molar-refractivity contribution >= 4 is 17.0 Å². The van der Waals surface area contributed by atoms with E-state index in [4.69, 9.17) is 4.98 Å². The maximum Gasteiger partial charge on any atom is 0.303 e. The van der Waals surface area contributed by atoms with Gasteiger partial charge >= 0.3 is 5.97 Å². The smallest absolute Gasteiger partial charge is 0.303 e. The van der Waals surface area contributed by atoms with Gasteiger partial charge in [0.05, 0.1) is 11.0 Å². The van der Waals surface area contributed by atoms with E-state index < -0.39 is 5.97 Å². The topological polar surface area (TPSA) is 69.2 Å². The number of carboxylic acid groups (broad SMARTS) is 1. The molecule has 0 amide bonds. The largest absolute Gasteiger partial charge is 0.481 e. The van der Waals surface area contributed by atoms with Crippen molar-refractivity contribution in [2.24, 2.45) is 17.3 Å². The van der Waals surface area contributed by atoms with Crippen molar-refractivity contribution in [3.8, 4) is 0 Å². The summed E-state index contributed by atoms with van der Waals surface area (Å²) < 4.78 is 0. The van der Waals surface area contributed by atoms with Crippen molar-refractivity contribution in [2.45, 2.75) is 47.0 Å². The normalized spacial score (nSPS) is 22.0. The molecule has 1 aliphatic heterocycles. The van der Waals surface area contributed by atoms with Crippen LogP contribution in [0.5, 0.6) is 0 Å². The summed E-state index contributed by atoms with van der Waals surface area (Å²) in [5.41, 5.74) is 3.52. The molecule has 142 valence electrons. The summed E-state index contributed by atoms with van der Waals surface area (Å²) in [6.45, 7) is 11.8. The SMILES string of the molecule is Cc1ccc2nc(C[C@H]3CN(CC(C)(C)C)CC[C@H]3CC(=O)O)[nH]c2c1. The third-order valence-corrected chi connectivity index (χ3v) is 5.25. The van der Waals surface area contributed by atoms with Gasteiger partial charge in [0.2, 0.25) is 0 Å². The van der Waals surface area contributed by atoms with Gasteiger partial charge in [0.15, 0.2) is 0 Å². The van der Waals surface area contributed by atoms with Crippen molar-refractivity contribution in [1.29, 1.82) is 0 Å². The number of aromatic amines is 1. The number of benzene rings is 1. The zero-order chi connectivity index (χ0) is 18.9. The van der Waals surface area contributed by atoms with Gasteiger partial charge in [-0.2, -0.15) is 0 Å². The summed E-state index contributed by atoms with van der Waals surface area (Å²) in [7, 11) is 0. The van der Waals surface area contributed by atoms with Crippen molar-refractivity contribution in [2.75, 3.05) is 19.6 Å². The summed E-state index contributed by atoms with van der Waals surface area (Å²) in [6.07, 6.45) is 2.02. The first-order chi connectivity index (χ1) is 12.2. The van der Waals surface area contributed by atoms with Crippen molar-refractivity contribution in [3.05, 3.63) is 29.6 Å². The van der Waals surface area contributed by atoms with E-state index in [1.54, 1.807) is 0 Å². The van der Waals surface area contributed by atoms with Crippen molar-refractivity contribution in [1.82, 2.24) is 14.9 Å². The van der Waals surface area contributed by atoms with E-state index in [2.05, 4.69) is 49.7 Å². The molecule has 1 aromatic heterocycles. The molecule has 0 radical (unpaired) electrons. The molecule has 2 atom stereocenters. The van der Waals surface area contributed by atoms with Crippen LogP contribution in [0.3, 0.4) is 0 Å². The lowest BCUT2D eigenvalue weighted by Gasteiger charge is -2.40. The van der Waals surface area contributed by atoms with E-state index in [1.165, 1.54) is 5.56 Å². The second-order valence-corrected chi connectivity index (χ2v) is 9.11. The van der Waals surface area contributed by atoms with Crippen LogP contribution in [-0.4, -0.2) is 45.6 Å². The highest BCUT2D eigenvalue weighted by Gasteiger charge is 2.32. The number of aromatic nitrogens is 2. The molecule has 1 fully saturated rings. The minimum atomic E-state index is -0.690. The number of nitrogens with zero attached hydrogens (tertiary/aromatic N) is 2. The molecular formula is C21H31N3O2. The number of nitrogens with one attached hydrogen (secondary N) is 1. The molecule has 1 aliphatic rings. The lowest BCUT2D eigenvalue weighted by molar-refractivity contribution is -0.139. The molecule has 0 unspecified atom stereocenters. The average molecular weight is 357 g/mol. The summed E-state index contributed by atoms with van der Waals surface area (Å²) in [5.74, 6) is 0.829. The number of imidazole rings is 1. The van der Waals surface area contributed by atoms with E-state index in [0.717, 1.165) is 49.3 Å². The zero-order valence-corrected chi connectivity index (χ0v) is 16.4.